The van der Waals surface area contributed by atoms with E-state index in [0.29, 0.717) is 11.9 Å². The topological polar surface area (TPSA) is 29.1 Å². The van der Waals surface area contributed by atoms with Gasteiger partial charge in [-0.1, -0.05) is 26.7 Å². The van der Waals surface area contributed by atoms with Crippen LogP contribution in [0, 0.1) is 5.92 Å². The van der Waals surface area contributed by atoms with Crippen LogP contribution in [-0.4, -0.2) is 11.9 Å². The summed E-state index contributed by atoms with van der Waals surface area (Å²) in [7, 11) is 0. The molecule has 0 aromatic rings. The quantitative estimate of drug-likeness (QED) is 0.673. The monoisotopic (exact) mass is 183 g/mol. The zero-order valence-electron chi connectivity index (χ0n) is 8.81. The molecule has 0 aliphatic heterocycles. The van der Waals surface area contributed by atoms with Crippen LogP contribution in [0.4, 0.5) is 0 Å². The average Bonchev–Trinajstić information content (AvgIpc) is 2.88. The molecule has 1 rings (SSSR count). The molecule has 1 amide bonds. The van der Waals surface area contributed by atoms with E-state index in [4.69, 9.17) is 0 Å². The van der Waals surface area contributed by atoms with E-state index in [9.17, 15) is 4.79 Å². The molecule has 13 heavy (non-hydrogen) atoms. The van der Waals surface area contributed by atoms with E-state index in [0.717, 1.165) is 25.7 Å². The molecule has 0 aromatic carbocycles. The molecule has 76 valence electrons. The van der Waals surface area contributed by atoms with Crippen molar-refractivity contribution in [3.05, 3.63) is 0 Å². The molecule has 0 atom stereocenters. The maximum absolute atomic E-state index is 11.7. The summed E-state index contributed by atoms with van der Waals surface area (Å²) >= 11 is 0. The van der Waals surface area contributed by atoms with Crippen molar-refractivity contribution in [1.82, 2.24) is 5.32 Å². The van der Waals surface area contributed by atoms with E-state index in [2.05, 4.69) is 19.2 Å². The van der Waals surface area contributed by atoms with Crippen molar-refractivity contribution in [2.75, 3.05) is 0 Å². The normalized spacial score (nSPS) is 16.2. The summed E-state index contributed by atoms with van der Waals surface area (Å²) in [6, 6.07) is 0.517. The van der Waals surface area contributed by atoms with Crippen LogP contribution in [0.5, 0.6) is 0 Å². The number of rotatable bonds is 6. The van der Waals surface area contributed by atoms with Crippen LogP contribution in [0.1, 0.15) is 52.4 Å². The Morgan fingerprint density at radius 2 is 1.85 bits per heavy atom. The molecule has 0 unspecified atom stereocenters. The molecular formula is C11H21NO. The average molecular weight is 183 g/mol. The zero-order valence-corrected chi connectivity index (χ0v) is 8.81. The third-order valence-corrected chi connectivity index (χ3v) is 2.57. The lowest BCUT2D eigenvalue weighted by atomic mass is 9.97. The van der Waals surface area contributed by atoms with E-state index >= 15 is 0 Å². The first-order valence-electron chi connectivity index (χ1n) is 5.58. The Morgan fingerprint density at radius 3 is 2.23 bits per heavy atom. The Labute approximate surface area is 81.1 Å². The number of amides is 1. The first-order valence-corrected chi connectivity index (χ1v) is 5.58. The molecule has 1 aliphatic carbocycles. The molecule has 1 fully saturated rings. The van der Waals surface area contributed by atoms with E-state index < -0.39 is 0 Å². The molecule has 1 aliphatic rings. The first-order chi connectivity index (χ1) is 6.27. The van der Waals surface area contributed by atoms with Crippen LogP contribution in [0.3, 0.4) is 0 Å². The van der Waals surface area contributed by atoms with E-state index in [1.165, 1.54) is 12.8 Å². The van der Waals surface area contributed by atoms with Gasteiger partial charge in [0.15, 0.2) is 0 Å². The molecule has 0 heterocycles. The van der Waals surface area contributed by atoms with Gasteiger partial charge in [0.25, 0.3) is 0 Å². The van der Waals surface area contributed by atoms with Crippen molar-refractivity contribution in [3.8, 4) is 0 Å². The number of carbonyl (C=O) groups excluding carboxylic acids is 1. The zero-order chi connectivity index (χ0) is 9.68. The van der Waals surface area contributed by atoms with Gasteiger partial charge in [0, 0.05) is 12.0 Å². The van der Waals surface area contributed by atoms with Crippen molar-refractivity contribution in [1.29, 1.82) is 0 Å². The second kappa shape index (κ2) is 5.25. The minimum absolute atomic E-state index is 0.274. The van der Waals surface area contributed by atoms with Gasteiger partial charge in [-0.3, -0.25) is 4.79 Å². The highest BCUT2D eigenvalue weighted by atomic mass is 16.2. The van der Waals surface area contributed by atoms with E-state index in [1.807, 2.05) is 0 Å². The van der Waals surface area contributed by atoms with Gasteiger partial charge in [-0.15, -0.1) is 0 Å². The van der Waals surface area contributed by atoms with Crippen molar-refractivity contribution >= 4 is 5.91 Å². The van der Waals surface area contributed by atoms with Gasteiger partial charge in [-0.25, -0.2) is 0 Å². The van der Waals surface area contributed by atoms with Crippen molar-refractivity contribution < 1.29 is 4.79 Å². The summed E-state index contributed by atoms with van der Waals surface area (Å²) in [6.45, 7) is 4.29. The predicted molar refractivity (Wildman–Crippen MR) is 54.5 cm³/mol. The lowest BCUT2D eigenvalue weighted by Crippen LogP contribution is -2.32. The first kappa shape index (κ1) is 10.6. The third-order valence-electron chi connectivity index (χ3n) is 2.57. The van der Waals surface area contributed by atoms with Gasteiger partial charge >= 0.3 is 0 Å². The predicted octanol–water partition coefficient (Wildman–Crippen LogP) is 2.48. The standard InChI is InChI=1S/C11H21NO/c1-3-5-9(6-4-2)11(13)12-10-7-8-10/h9-10H,3-8H2,1-2H3,(H,12,13). The number of hydrogen-bond donors (Lipinski definition) is 1. The third kappa shape index (κ3) is 3.79. The Kier molecular flexibility index (Phi) is 4.26. The molecule has 0 bridgehead atoms. The SMILES string of the molecule is CCCC(CCC)C(=O)NC1CC1. The molecule has 0 radical (unpaired) electrons. The highest BCUT2D eigenvalue weighted by molar-refractivity contribution is 5.79. The summed E-state index contributed by atoms with van der Waals surface area (Å²) in [4.78, 5) is 11.7. The van der Waals surface area contributed by atoms with E-state index in [1.54, 1.807) is 0 Å². The highest BCUT2D eigenvalue weighted by Crippen LogP contribution is 2.21. The highest BCUT2D eigenvalue weighted by Gasteiger charge is 2.26. The Bertz CT molecular complexity index is 157. The summed E-state index contributed by atoms with van der Waals surface area (Å²) < 4.78 is 0. The van der Waals surface area contributed by atoms with Crippen LogP contribution in [-0.2, 0) is 4.79 Å². The second-order valence-electron chi connectivity index (χ2n) is 4.06. The molecule has 2 nitrogen and oxygen atoms in total. The Balaban J connectivity index is 2.27. The van der Waals surface area contributed by atoms with Crippen molar-refractivity contribution in [3.63, 3.8) is 0 Å². The molecule has 0 spiro atoms. The second-order valence-corrected chi connectivity index (χ2v) is 4.06. The maximum Gasteiger partial charge on any atom is 0.223 e. The van der Waals surface area contributed by atoms with Gasteiger partial charge in [0.05, 0.1) is 0 Å². The summed E-state index contributed by atoms with van der Waals surface area (Å²) in [5, 5.41) is 3.08. The van der Waals surface area contributed by atoms with Gasteiger partial charge < -0.3 is 5.32 Å². The minimum atomic E-state index is 0.274. The minimum Gasteiger partial charge on any atom is -0.353 e. The van der Waals surface area contributed by atoms with Crippen molar-refractivity contribution in [2.24, 2.45) is 5.92 Å². The van der Waals surface area contributed by atoms with Crippen LogP contribution in [0.25, 0.3) is 0 Å². The molecule has 1 N–H and O–H groups in total. The maximum atomic E-state index is 11.7. The molecule has 2 heteroatoms. The number of nitrogens with one attached hydrogen (secondary N) is 1. The molecular weight excluding hydrogens is 162 g/mol. The fourth-order valence-electron chi connectivity index (χ4n) is 1.65. The van der Waals surface area contributed by atoms with Gasteiger partial charge in [0.2, 0.25) is 5.91 Å². The largest absolute Gasteiger partial charge is 0.353 e. The van der Waals surface area contributed by atoms with Crippen LogP contribution >= 0.6 is 0 Å². The smallest absolute Gasteiger partial charge is 0.223 e. The number of hydrogen-bond acceptors (Lipinski definition) is 1. The van der Waals surface area contributed by atoms with Crippen LogP contribution in [0.2, 0.25) is 0 Å². The summed E-state index contributed by atoms with van der Waals surface area (Å²) in [6.07, 6.45) is 6.71. The van der Waals surface area contributed by atoms with Gasteiger partial charge in [-0.05, 0) is 25.7 Å². The fraction of sp³-hybridized carbons (Fsp3) is 0.909. The lowest BCUT2D eigenvalue weighted by molar-refractivity contribution is -0.125. The van der Waals surface area contributed by atoms with Crippen LogP contribution in [0.15, 0.2) is 0 Å². The Hall–Kier alpha value is -0.530. The summed E-state index contributed by atoms with van der Waals surface area (Å²) in [5.74, 6) is 0.571. The number of carbonyl (C=O) groups is 1. The summed E-state index contributed by atoms with van der Waals surface area (Å²) in [5.41, 5.74) is 0. The van der Waals surface area contributed by atoms with Gasteiger partial charge in [0.1, 0.15) is 0 Å². The molecule has 0 saturated heterocycles. The van der Waals surface area contributed by atoms with Crippen LogP contribution < -0.4 is 5.32 Å². The molecule has 0 aromatic heterocycles. The van der Waals surface area contributed by atoms with Crippen molar-refractivity contribution in [2.45, 2.75) is 58.4 Å². The molecule has 1 saturated carbocycles. The lowest BCUT2D eigenvalue weighted by Gasteiger charge is -2.14. The van der Waals surface area contributed by atoms with Gasteiger partial charge in [-0.2, -0.15) is 0 Å². The van der Waals surface area contributed by atoms with E-state index in [-0.39, 0.29) is 5.92 Å². The Morgan fingerprint density at radius 1 is 1.31 bits per heavy atom. The fourth-order valence-corrected chi connectivity index (χ4v) is 1.65.